The van der Waals surface area contributed by atoms with Gasteiger partial charge >= 0.3 is 0 Å². The van der Waals surface area contributed by atoms with Crippen molar-refractivity contribution in [3.05, 3.63) is 35.9 Å². The Labute approximate surface area is 84.9 Å². The summed E-state index contributed by atoms with van der Waals surface area (Å²) in [5.74, 6) is 1.51. The summed E-state index contributed by atoms with van der Waals surface area (Å²) in [6.07, 6.45) is 2.74. The zero-order valence-corrected chi connectivity index (χ0v) is 8.67. The van der Waals surface area contributed by atoms with Crippen LogP contribution in [0.3, 0.4) is 0 Å². The van der Waals surface area contributed by atoms with E-state index in [0.29, 0.717) is 5.92 Å². The lowest BCUT2D eigenvalue weighted by molar-refractivity contribution is 0.491. The molecule has 0 N–H and O–H groups in total. The van der Waals surface area contributed by atoms with Crippen molar-refractivity contribution in [2.24, 2.45) is 11.8 Å². The standard InChI is InChI=1S/C12H15Cl/c1-9(10-7-8-10)12(13)11-5-3-2-4-6-11/h2-6,9-10,12H,7-8H2,1H3. The highest BCUT2D eigenvalue weighted by Gasteiger charge is 2.32. The molecule has 0 aromatic heterocycles. The normalized spacial score (nSPS) is 21.1. The molecule has 1 fully saturated rings. The maximum Gasteiger partial charge on any atom is 0.0613 e. The van der Waals surface area contributed by atoms with Crippen LogP contribution in [0.25, 0.3) is 0 Å². The van der Waals surface area contributed by atoms with Gasteiger partial charge in [0.05, 0.1) is 5.38 Å². The van der Waals surface area contributed by atoms with Gasteiger partial charge in [-0.2, -0.15) is 0 Å². The van der Waals surface area contributed by atoms with Crippen LogP contribution >= 0.6 is 11.6 Å². The van der Waals surface area contributed by atoms with E-state index in [4.69, 9.17) is 11.6 Å². The maximum atomic E-state index is 6.39. The number of halogens is 1. The molecule has 2 unspecified atom stereocenters. The first kappa shape index (κ1) is 9.08. The van der Waals surface area contributed by atoms with Crippen molar-refractivity contribution in [3.8, 4) is 0 Å². The third-order valence-electron chi connectivity index (χ3n) is 2.95. The molecule has 0 aliphatic heterocycles. The summed E-state index contributed by atoms with van der Waals surface area (Å²) in [4.78, 5) is 0. The molecule has 1 heteroatoms. The van der Waals surface area contributed by atoms with E-state index in [9.17, 15) is 0 Å². The van der Waals surface area contributed by atoms with E-state index in [1.165, 1.54) is 18.4 Å². The molecule has 2 atom stereocenters. The highest BCUT2D eigenvalue weighted by molar-refractivity contribution is 6.21. The van der Waals surface area contributed by atoms with Crippen molar-refractivity contribution in [3.63, 3.8) is 0 Å². The van der Waals surface area contributed by atoms with Gasteiger partial charge in [0.2, 0.25) is 0 Å². The van der Waals surface area contributed by atoms with E-state index in [0.717, 1.165) is 5.92 Å². The Morgan fingerprint density at radius 2 is 1.85 bits per heavy atom. The molecule has 0 nitrogen and oxygen atoms in total. The van der Waals surface area contributed by atoms with Crippen molar-refractivity contribution < 1.29 is 0 Å². The van der Waals surface area contributed by atoms with E-state index in [1.807, 2.05) is 6.07 Å². The van der Waals surface area contributed by atoms with Crippen LogP contribution in [-0.2, 0) is 0 Å². The lowest BCUT2D eigenvalue weighted by Crippen LogP contribution is -2.05. The van der Waals surface area contributed by atoms with Crippen LogP contribution in [0.2, 0.25) is 0 Å². The molecule has 0 amide bonds. The average Bonchev–Trinajstić information content (AvgIpc) is 3.00. The number of alkyl halides is 1. The van der Waals surface area contributed by atoms with Crippen LogP contribution < -0.4 is 0 Å². The minimum atomic E-state index is 0.202. The van der Waals surface area contributed by atoms with Gasteiger partial charge in [0.15, 0.2) is 0 Å². The Morgan fingerprint density at radius 3 is 2.38 bits per heavy atom. The van der Waals surface area contributed by atoms with Gasteiger partial charge in [0, 0.05) is 0 Å². The molecule has 0 radical (unpaired) electrons. The second-order valence-electron chi connectivity index (χ2n) is 4.01. The van der Waals surface area contributed by atoms with Crippen LogP contribution in [0.5, 0.6) is 0 Å². The third kappa shape index (κ3) is 2.05. The molecule has 0 heterocycles. The van der Waals surface area contributed by atoms with E-state index in [-0.39, 0.29) is 5.38 Å². The largest absolute Gasteiger partial charge is 0.118 e. The number of hydrogen-bond donors (Lipinski definition) is 0. The fourth-order valence-corrected chi connectivity index (χ4v) is 2.15. The van der Waals surface area contributed by atoms with E-state index in [2.05, 4.69) is 31.2 Å². The second kappa shape index (κ2) is 3.71. The van der Waals surface area contributed by atoms with Crippen molar-refractivity contribution in [2.75, 3.05) is 0 Å². The second-order valence-corrected chi connectivity index (χ2v) is 4.48. The Hall–Kier alpha value is -0.490. The average molecular weight is 195 g/mol. The Morgan fingerprint density at radius 1 is 1.23 bits per heavy atom. The van der Waals surface area contributed by atoms with Crippen LogP contribution in [0.1, 0.15) is 30.7 Å². The summed E-state index contributed by atoms with van der Waals surface area (Å²) < 4.78 is 0. The molecule has 1 saturated carbocycles. The van der Waals surface area contributed by atoms with Gasteiger partial charge in [-0.05, 0) is 30.2 Å². The minimum Gasteiger partial charge on any atom is -0.118 e. The molecular formula is C12H15Cl. The summed E-state index contributed by atoms with van der Waals surface area (Å²) in [5.41, 5.74) is 1.27. The van der Waals surface area contributed by atoms with Crippen molar-refractivity contribution >= 4 is 11.6 Å². The molecule has 70 valence electrons. The SMILES string of the molecule is CC(C1CC1)C(Cl)c1ccccc1. The summed E-state index contributed by atoms with van der Waals surface area (Å²) in [5, 5.41) is 0.202. The molecule has 1 aromatic carbocycles. The van der Waals surface area contributed by atoms with Gasteiger partial charge in [-0.1, -0.05) is 37.3 Å². The first-order valence-electron chi connectivity index (χ1n) is 4.98. The van der Waals surface area contributed by atoms with Crippen LogP contribution in [0.4, 0.5) is 0 Å². The summed E-state index contributed by atoms with van der Waals surface area (Å²) in [7, 11) is 0. The maximum absolute atomic E-state index is 6.39. The van der Waals surface area contributed by atoms with Crippen molar-refractivity contribution in [1.29, 1.82) is 0 Å². The molecule has 13 heavy (non-hydrogen) atoms. The van der Waals surface area contributed by atoms with Gasteiger partial charge in [0.25, 0.3) is 0 Å². The molecule has 0 saturated heterocycles. The van der Waals surface area contributed by atoms with E-state index < -0.39 is 0 Å². The zero-order chi connectivity index (χ0) is 9.26. The smallest absolute Gasteiger partial charge is 0.0613 e. The summed E-state index contributed by atoms with van der Waals surface area (Å²) in [6, 6.07) is 10.4. The number of rotatable bonds is 3. The van der Waals surface area contributed by atoms with Gasteiger partial charge in [-0.25, -0.2) is 0 Å². The van der Waals surface area contributed by atoms with Gasteiger partial charge < -0.3 is 0 Å². The molecule has 2 rings (SSSR count). The van der Waals surface area contributed by atoms with Crippen LogP contribution in [0.15, 0.2) is 30.3 Å². The van der Waals surface area contributed by atoms with Gasteiger partial charge in [-0.15, -0.1) is 11.6 Å². The molecule has 1 aliphatic carbocycles. The lowest BCUT2D eigenvalue weighted by atomic mass is 9.96. The molecule has 1 aliphatic rings. The van der Waals surface area contributed by atoms with Gasteiger partial charge in [0.1, 0.15) is 0 Å². The highest BCUT2D eigenvalue weighted by atomic mass is 35.5. The molecule has 1 aromatic rings. The van der Waals surface area contributed by atoms with Crippen molar-refractivity contribution in [2.45, 2.75) is 25.1 Å². The lowest BCUT2D eigenvalue weighted by Gasteiger charge is -2.17. The fourth-order valence-electron chi connectivity index (χ4n) is 1.80. The summed E-state index contributed by atoms with van der Waals surface area (Å²) >= 11 is 6.39. The number of benzene rings is 1. The monoisotopic (exact) mass is 194 g/mol. The predicted molar refractivity (Wildman–Crippen MR) is 56.9 cm³/mol. The Kier molecular flexibility index (Phi) is 2.59. The van der Waals surface area contributed by atoms with E-state index in [1.54, 1.807) is 0 Å². The first-order valence-corrected chi connectivity index (χ1v) is 5.41. The topological polar surface area (TPSA) is 0 Å². The quantitative estimate of drug-likeness (QED) is 0.638. The molecule has 0 bridgehead atoms. The van der Waals surface area contributed by atoms with Crippen LogP contribution in [-0.4, -0.2) is 0 Å². The van der Waals surface area contributed by atoms with Crippen LogP contribution in [0, 0.1) is 11.8 Å². The number of hydrogen-bond acceptors (Lipinski definition) is 0. The first-order chi connectivity index (χ1) is 6.29. The third-order valence-corrected chi connectivity index (χ3v) is 3.59. The fraction of sp³-hybridized carbons (Fsp3) is 0.500. The molecule has 0 spiro atoms. The zero-order valence-electron chi connectivity index (χ0n) is 7.91. The Bertz CT molecular complexity index is 264. The van der Waals surface area contributed by atoms with E-state index >= 15 is 0 Å². The predicted octanol–water partition coefficient (Wildman–Crippen LogP) is 4.01. The molecular weight excluding hydrogens is 180 g/mol. The Balaban J connectivity index is 2.07. The van der Waals surface area contributed by atoms with Gasteiger partial charge in [-0.3, -0.25) is 0 Å². The highest BCUT2D eigenvalue weighted by Crippen LogP contribution is 2.45. The minimum absolute atomic E-state index is 0.202. The summed E-state index contributed by atoms with van der Waals surface area (Å²) in [6.45, 7) is 2.27. The van der Waals surface area contributed by atoms with Crippen molar-refractivity contribution in [1.82, 2.24) is 0 Å².